The number of benzene rings is 1. The summed E-state index contributed by atoms with van der Waals surface area (Å²) in [6.07, 6.45) is 22.9. The predicted molar refractivity (Wildman–Crippen MR) is 162 cm³/mol. The van der Waals surface area contributed by atoms with Gasteiger partial charge in [0, 0.05) is 19.5 Å². The molecule has 5 heteroatoms. The van der Waals surface area contributed by atoms with Crippen LogP contribution in [0.2, 0.25) is 0 Å². The Morgan fingerprint density at radius 3 is 1.49 bits per heavy atom. The van der Waals surface area contributed by atoms with E-state index in [0.29, 0.717) is 4.90 Å². The minimum absolute atomic E-state index is 0.302. The summed E-state index contributed by atoms with van der Waals surface area (Å²) in [5.41, 5.74) is 1.06. The molecule has 1 aromatic carbocycles. The Morgan fingerprint density at radius 2 is 1.03 bits per heavy atom. The van der Waals surface area contributed by atoms with Crippen molar-refractivity contribution in [2.45, 2.75) is 155 Å². The van der Waals surface area contributed by atoms with Gasteiger partial charge >= 0.3 is 0 Å². The molecule has 0 saturated heterocycles. The van der Waals surface area contributed by atoms with Crippen LogP contribution < -0.4 is 0 Å². The minimum Gasteiger partial charge on any atom is -0.359 e. The van der Waals surface area contributed by atoms with Crippen molar-refractivity contribution in [2.75, 3.05) is 13.1 Å². The van der Waals surface area contributed by atoms with Crippen LogP contribution in [-0.2, 0) is 10.0 Å². The Hall–Kier alpha value is -1.36. The number of rotatable bonds is 23. The van der Waals surface area contributed by atoms with Gasteiger partial charge in [-0.1, -0.05) is 135 Å². The highest BCUT2D eigenvalue weighted by molar-refractivity contribution is 7.90. The summed E-state index contributed by atoms with van der Waals surface area (Å²) in [6, 6.07) is 7.11. The second-order valence-corrected chi connectivity index (χ2v) is 12.4. The monoisotopic (exact) mass is 534 g/mol. The molecule has 1 rings (SSSR count). The number of unbranched alkanes of at least 4 members (excludes halogenated alkanes) is 15. The molecule has 0 aliphatic heterocycles. The van der Waals surface area contributed by atoms with Gasteiger partial charge in [0.2, 0.25) is 0 Å². The van der Waals surface area contributed by atoms with Crippen LogP contribution in [0.4, 0.5) is 0 Å². The van der Waals surface area contributed by atoms with Crippen LogP contribution in [0.25, 0.3) is 0 Å². The fraction of sp³-hybridized carbons (Fsp3) is 0.781. The van der Waals surface area contributed by atoms with Crippen molar-refractivity contribution >= 4 is 15.9 Å². The number of amidine groups is 1. The van der Waals surface area contributed by atoms with Crippen LogP contribution >= 0.6 is 0 Å². The number of nitrogens with zero attached hydrogens (tertiary/aromatic N) is 2. The summed E-state index contributed by atoms with van der Waals surface area (Å²) in [6.45, 7) is 10.5. The molecular weight excluding hydrogens is 476 g/mol. The molecule has 0 saturated carbocycles. The number of sulfonamides is 1. The first-order valence-electron chi connectivity index (χ1n) is 15.6. The zero-order valence-electron chi connectivity index (χ0n) is 24.8. The van der Waals surface area contributed by atoms with E-state index in [1.165, 1.54) is 89.9 Å². The smallest absolute Gasteiger partial charge is 0.283 e. The van der Waals surface area contributed by atoms with Gasteiger partial charge < -0.3 is 4.90 Å². The van der Waals surface area contributed by atoms with Crippen LogP contribution in [0.15, 0.2) is 33.6 Å². The molecule has 4 nitrogen and oxygen atoms in total. The summed E-state index contributed by atoms with van der Waals surface area (Å²) < 4.78 is 31.1. The summed E-state index contributed by atoms with van der Waals surface area (Å²) in [4.78, 5) is 2.63. The third kappa shape index (κ3) is 16.3. The Labute approximate surface area is 230 Å². The van der Waals surface area contributed by atoms with Crippen molar-refractivity contribution in [3.63, 3.8) is 0 Å². The van der Waals surface area contributed by atoms with E-state index in [-0.39, 0.29) is 0 Å². The van der Waals surface area contributed by atoms with Gasteiger partial charge in [0.05, 0.1) is 4.90 Å². The maximum absolute atomic E-state index is 13.3. The van der Waals surface area contributed by atoms with Crippen LogP contribution in [0.1, 0.15) is 148 Å². The molecule has 37 heavy (non-hydrogen) atoms. The molecule has 0 aliphatic carbocycles. The van der Waals surface area contributed by atoms with E-state index in [2.05, 4.69) is 30.1 Å². The van der Waals surface area contributed by atoms with E-state index in [9.17, 15) is 8.42 Å². The molecule has 0 bridgehead atoms. The van der Waals surface area contributed by atoms with Crippen LogP contribution in [0.3, 0.4) is 0 Å². The van der Waals surface area contributed by atoms with Crippen molar-refractivity contribution in [1.82, 2.24) is 4.90 Å². The zero-order chi connectivity index (χ0) is 27.2. The molecule has 0 aromatic heterocycles. The molecule has 0 atom stereocenters. The van der Waals surface area contributed by atoms with Crippen molar-refractivity contribution < 1.29 is 8.42 Å². The second kappa shape index (κ2) is 21.6. The summed E-state index contributed by atoms with van der Waals surface area (Å²) in [7, 11) is -3.71. The third-order valence-electron chi connectivity index (χ3n) is 7.23. The van der Waals surface area contributed by atoms with E-state index < -0.39 is 10.0 Å². The van der Waals surface area contributed by atoms with Crippen molar-refractivity contribution in [2.24, 2.45) is 4.40 Å². The Bertz CT molecular complexity index is 785. The van der Waals surface area contributed by atoms with Gasteiger partial charge in [0.25, 0.3) is 10.0 Å². The highest BCUT2D eigenvalue weighted by Crippen LogP contribution is 2.18. The molecule has 0 unspecified atom stereocenters. The molecule has 214 valence electrons. The lowest BCUT2D eigenvalue weighted by Gasteiger charge is -2.26. The SMILES string of the molecule is CCCCCCCCCN(CCCCCCCCC)C(CCCCCC)=NS(=O)(=O)c1ccc(C)cc1. The molecule has 0 fully saturated rings. The fourth-order valence-corrected chi connectivity index (χ4v) is 5.83. The molecule has 0 heterocycles. The summed E-state index contributed by atoms with van der Waals surface area (Å²) in [5, 5.41) is 0. The molecule has 0 amide bonds. The van der Waals surface area contributed by atoms with Gasteiger partial charge in [-0.25, -0.2) is 0 Å². The fourth-order valence-electron chi connectivity index (χ4n) is 4.76. The molecule has 0 N–H and O–H groups in total. The second-order valence-electron chi connectivity index (χ2n) is 10.8. The maximum atomic E-state index is 13.3. The summed E-state index contributed by atoms with van der Waals surface area (Å²) in [5.74, 6) is 0.786. The molecular formula is C32H58N2O2S. The lowest BCUT2D eigenvalue weighted by molar-refractivity contribution is 0.376. The van der Waals surface area contributed by atoms with Crippen LogP contribution in [-0.4, -0.2) is 32.2 Å². The van der Waals surface area contributed by atoms with E-state index in [1.807, 2.05) is 19.1 Å². The Morgan fingerprint density at radius 1 is 0.622 bits per heavy atom. The predicted octanol–water partition coefficient (Wildman–Crippen LogP) is 9.86. The summed E-state index contributed by atoms with van der Waals surface area (Å²) >= 11 is 0. The largest absolute Gasteiger partial charge is 0.359 e. The Kier molecular flexibility index (Phi) is 19.6. The van der Waals surface area contributed by atoms with Gasteiger partial charge in [-0.3, -0.25) is 0 Å². The molecule has 0 spiro atoms. The highest BCUT2D eigenvalue weighted by Gasteiger charge is 2.18. The van der Waals surface area contributed by atoms with Crippen LogP contribution in [0.5, 0.6) is 0 Å². The van der Waals surface area contributed by atoms with E-state index >= 15 is 0 Å². The topological polar surface area (TPSA) is 49.7 Å². The molecule has 0 radical (unpaired) electrons. The van der Waals surface area contributed by atoms with E-state index in [1.54, 1.807) is 12.1 Å². The lowest BCUT2D eigenvalue weighted by Crippen LogP contribution is -2.34. The molecule has 0 aliphatic rings. The zero-order valence-corrected chi connectivity index (χ0v) is 25.6. The van der Waals surface area contributed by atoms with Crippen molar-refractivity contribution in [1.29, 1.82) is 0 Å². The van der Waals surface area contributed by atoms with Gasteiger partial charge in [-0.2, -0.15) is 8.42 Å². The van der Waals surface area contributed by atoms with Gasteiger partial charge in [-0.05, 0) is 38.3 Å². The van der Waals surface area contributed by atoms with Gasteiger partial charge in [-0.15, -0.1) is 4.40 Å². The maximum Gasteiger partial charge on any atom is 0.283 e. The first kappa shape index (κ1) is 33.7. The first-order chi connectivity index (χ1) is 17.9. The van der Waals surface area contributed by atoms with Gasteiger partial charge in [0.1, 0.15) is 5.84 Å². The lowest BCUT2D eigenvalue weighted by atomic mass is 10.1. The quantitative estimate of drug-likeness (QED) is 0.0797. The van der Waals surface area contributed by atoms with Crippen molar-refractivity contribution in [3.05, 3.63) is 29.8 Å². The first-order valence-corrected chi connectivity index (χ1v) is 17.0. The third-order valence-corrected chi connectivity index (χ3v) is 8.55. The number of aryl methyl sites for hydroxylation is 1. The van der Waals surface area contributed by atoms with Gasteiger partial charge in [0.15, 0.2) is 0 Å². The van der Waals surface area contributed by atoms with Crippen LogP contribution in [0, 0.1) is 6.92 Å². The highest BCUT2D eigenvalue weighted by atomic mass is 32.2. The standard InChI is InChI=1S/C32H58N2O2S/c1-5-8-11-14-16-18-21-28-34(29-22-19-17-15-12-9-6-2)32(23-20-13-10-7-3)33-37(35,36)31-26-24-30(4)25-27-31/h24-27H,5-23,28-29H2,1-4H3. The van der Waals surface area contributed by atoms with E-state index in [0.717, 1.165) is 56.6 Å². The van der Waals surface area contributed by atoms with E-state index in [4.69, 9.17) is 0 Å². The Balaban J connectivity index is 2.94. The number of hydrogen-bond donors (Lipinski definition) is 0. The molecule has 1 aromatic rings. The normalized spacial score (nSPS) is 12.3. The average molecular weight is 535 g/mol. The minimum atomic E-state index is -3.71. The number of hydrogen-bond acceptors (Lipinski definition) is 2. The van der Waals surface area contributed by atoms with Crippen molar-refractivity contribution in [3.8, 4) is 0 Å². The average Bonchev–Trinajstić information content (AvgIpc) is 2.88.